The van der Waals surface area contributed by atoms with E-state index in [9.17, 15) is 9.59 Å². The molecule has 1 aromatic heterocycles. The summed E-state index contributed by atoms with van der Waals surface area (Å²) in [5.74, 6) is 1.65. The first-order valence-electron chi connectivity index (χ1n) is 8.66. The Hall–Kier alpha value is -2.05. The molecule has 1 aliphatic rings. The van der Waals surface area contributed by atoms with Crippen molar-refractivity contribution in [1.82, 2.24) is 19.6 Å². The monoisotopic (exact) mass is 335 g/mol. The molecular weight excluding hydrogens is 306 g/mol. The fourth-order valence-electron chi connectivity index (χ4n) is 2.89. The van der Waals surface area contributed by atoms with Gasteiger partial charge < -0.3 is 9.80 Å². The highest BCUT2D eigenvalue weighted by atomic mass is 16.2. The molecule has 7 heteroatoms. The first-order valence-corrected chi connectivity index (χ1v) is 8.66. The van der Waals surface area contributed by atoms with Gasteiger partial charge in [-0.2, -0.15) is 5.10 Å². The summed E-state index contributed by atoms with van der Waals surface area (Å²) < 4.78 is 1.86. The summed E-state index contributed by atoms with van der Waals surface area (Å²) in [5.41, 5.74) is 0. The first-order chi connectivity index (χ1) is 11.3. The van der Waals surface area contributed by atoms with Crippen LogP contribution in [0, 0.1) is 11.8 Å². The van der Waals surface area contributed by atoms with Gasteiger partial charge in [0.2, 0.25) is 5.91 Å². The largest absolute Gasteiger partial charge is 0.343 e. The van der Waals surface area contributed by atoms with Gasteiger partial charge >= 0.3 is 6.03 Å². The summed E-state index contributed by atoms with van der Waals surface area (Å²) in [5, 5.41) is 7.21. The summed E-state index contributed by atoms with van der Waals surface area (Å²) >= 11 is 0. The third kappa shape index (κ3) is 5.25. The number of amides is 3. The normalized spacial score (nSPS) is 17.4. The van der Waals surface area contributed by atoms with E-state index in [1.54, 1.807) is 18.9 Å². The number of carbonyl (C=O) groups excluding carboxylic acids is 2. The molecule has 1 fully saturated rings. The number of aryl methyl sites for hydroxylation is 1. The third-order valence-corrected chi connectivity index (χ3v) is 4.42. The number of hydrogen-bond donors (Lipinski definition) is 1. The Balaban J connectivity index is 1.78. The van der Waals surface area contributed by atoms with Gasteiger partial charge in [0.05, 0.1) is 0 Å². The Bertz CT molecular complexity index is 569. The molecule has 1 atom stereocenters. The quantitative estimate of drug-likeness (QED) is 0.867. The van der Waals surface area contributed by atoms with Crippen LogP contribution in [0.2, 0.25) is 0 Å². The molecule has 1 N–H and O–H groups in total. The summed E-state index contributed by atoms with van der Waals surface area (Å²) in [6.07, 6.45) is 3.89. The maximum atomic E-state index is 12.3. The molecule has 0 saturated carbocycles. The molecule has 3 amide bonds. The molecule has 0 aliphatic carbocycles. The van der Waals surface area contributed by atoms with Crippen molar-refractivity contribution < 1.29 is 9.59 Å². The summed E-state index contributed by atoms with van der Waals surface area (Å²) in [6.45, 7) is 8.96. The molecule has 2 heterocycles. The van der Waals surface area contributed by atoms with E-state index < -0.39 is 0 Å². The number of carbonyl (C=O) groups is 2. The number of urea groups is 1. The summed E-state index contributed by atoms with van der Waals surface area (Å²) in [7, 11) is 1.78. The molecule has 1 saturated heterocycles. The Morgan fingerprint density at radius 3 is 2.83 bits per heavy atom. The number of anilines is 1. The molecule has 7 nitrogen and oxygen atoms in total. The van der Waals surface area contributed by atoms with E-state index in [-0.39, 0.29) is 11.9 Å². The van der Waals surface area contributed by atoms with Crippen LogP contribution in [0.5, 0.6) is 0 Å². The topological polar surface area (TPSA) is 70.5 Å². The average molecular weight is 335 g/mol. The zero-order chi connectivity index (χ0) is 17.7. The highest BCUT2D eigenvalue weighted by molar-refractivity contribution is 5.88. The van der Waals surface area contributed by atoms with Crippen LogP contribution in [0.4, 0.5) is 10.6 Å². The smallest absolute Gasteiger partial charge is 0.322 e. The second kappa shape index (κ2) is 8.17. The molecule has 1 aliphatic heterocycles. The van der Waals surface area contributed by atoms with Gasteiger partial charge in [0, 0.05) is 52.4 Å². The second-order valence-corrected chi connectivity index (χ2v) is 7.08. The van der Waals surface area contributed by atoms with Gasteiger partial charge in [0.25, 0.3) is 0 Å². The summed E-state index contributed by atoms with van der Waals surface area (Å²) in [4.78, 5) is 27.2. The predicted molar refractivity (Wildman–Crippen MR) is 93.7 cm³/mol. The van der Waals surface area contributed by atoms with Crippen molar-refractivity contribution in [3.8, 4) is 0 Å². The number of rotatable bonds is 6. The number of nitrogens with zero attached hydrogens (tertiary/aromatic N) is 4. The van der Waals surface area contributed by atoms with Crippen molar-refractivity contribution >= 4 is 17.8 Å². The van der Waals surface area contributed by atoms with Crippen LogP contribution in [-0.4, -0.2) is 58.2 Å². The lowest BCUT2D eigenvalue weighted by Crippen LogP contribution is -2.36. The van der Waals surface area contributed by atoms with Crippen LogP contribution < -0.4 is 5.32 Å². The van der Waals surface area contributed by atoms with Crippen molar-refractivity contribution in [3.63, 3.8) is 0 Å². The number of hydrogen-bond acceptors (Lipinski definition) is 3. The fourth-order valence-corrected chi connectivity index (χ4v) is 2.89. The van der Waals surface area contributed by atoms with Gasteiger partial charge in [-0.25, -0.2) is 4.79 Å². The van der Waals surface area contributed by atoms with E-state index in [4.69, 9.17) is 0 Å². The molecule has 0 bridgehead atoms. The van der Waals surface area contributed by atoms with Crippen LogP contribution in [0.1, 0.15) is 33.6 Å². The Labute approximate surface area is 144 Å². The average Bonchev–Trinajstić information content (AvgIpc) is 3.14. The van der Waals surface area contributed by atoms with Crippen LogP contribution in [0.3, 0.4) is 0 Å². The minimum atomic E-state index is -0.162. The van der Waals surface area contributed by atoms with E-state index in [2.05, 4.69) is 24.3 Å². The Morgan fingerprint density at radius 2 is 2.21 bits per heavy atom. The molecule has 2 rings (SSSR count). The maximum absolute atomic E-state index is 12.3. The molecule has 24 heavy (non-hydrogen) atoms. The van der Waals surface area contributed by atoms with Gasteiger partial charge in [0.15, 0.2) is 5.82 Å². The van der Waals surface area contributed by atoms with E-state index in [0.29, 0.717) is 24.2 Å². The minimum Gasteiger partial charge on any atom is -0.343 e. The molecular formula is C17H29N5O2. The van der Waals surface area contributed by atoms with Crippen LogP contribution >= 0.6 is 0 Å². The van der Waals surface area contributed by atoms with Crippen LogP contribution in [0.25, 0.3) is 0 Å². The highest BCUT2D eigenvalue weighted by Gasteiger charge is 2.26. The predicted octanol–water partition coefficient (Wildman–Crippen LogP) is 2.26. The van der Waals surface area contributed by atoms with Gasteiger partial charge in [-0.05, 0) is 24.7 Å². The molecule has 0 radical (unpaired) electrons. The van der Waals surface area contributed by atoms with Crippen LogP contribution in [-0.2, 0) is 11.3 Å². The highest BCUT2D eigenvalue weighted by Crippen LogP contribution is 2.17. The van der Waals surface area contributed by atoms with Gasteiger partial charge in [-0.3, -0.25) is 14.8 Å². The lowest BCUT2D eigenvalue weighted by Gasteiger charge is -2.21. The van der Waals surface area contributed by atoms with Gasteiger partial charge in [-0.1, -0.05) is 13.8 Å². The van der Waals surface area contributed by atoms with Crippen molar-refractivity contribution in [2.45, 2.75) is 40.2 Å². The molecule has 0 spiro atoms. The maximum Gasteiger partial charge on any atom is 0.322 e. The molecule has 0 aromatic carbocycles. The standard InChI is InChI=1S/C17H29N5O2/c1-13(2)5-9-22-10-7-16(19-22)18-17(24)20(4)11-15-6-8-21(12-15)14(3)23/h7,10,13,15H,5-6,8-9,11-12H2,1-4H3,(H,18,19,24)/t15-/m0/s1. The van der Waals surface area contributed by atoms with E-state index >= 15 is 0 Å². The Kier molecular flexibility index (Phi) is 6.23. The second-order valence-electron chi connectivity index (χ2n) is 7.08. The van der Waals surface area contributed by atoms with Gasteiger partial charge in [0.1, 0.15) is 0 Å². The molecule has 134 valence electrons. The van der Waals surface area contributed by atoms with Crippen molar-refractivity contribution in [2.75, 3.05) is 32.0 Å². The zero-order valence-corrected chi connectivity index (χ0v) is 15.2. The number of aromatic nitrogens is 2. The lowest BCUT2D eigenvalue weighted by atomic mass is 10.1. The summed E-state index contributed by atoms with van der Waals surface area (Å²) in [6, 6.07) is 1.66. The molecule has 1 aromatic rings. The van der Waals surface area contributed by atoms with E-state index in [0.717, 1.165) is 32.5 Å². The van der Waals surface area contributed by atoms with E-state index in [1.807, 2.05) is 21.8 Å². The van der Waals surface area contributed by atoms with Crippen LogP contribution in [0.15, 0.2) is 12.3 Å². The minimum absolute atomic E-state index is 0.108. The van der Waals surface area contributed by atoms with E-state index in [1.165, 1.54) is 0 Å². The SMILES string of the molecule is CC(=O)N1CC[C@@H](CN(C)C(=O)Nc2ccn(CCC(C)C)n2)C1. The van der Waals surface area contributed by atoms with Crippen molar-refractivity contribution in [2.24, 2.45) is 11.8 Å². The van der Waals surface area contributed by atoms with Crippen molar-refractivity contribution in [3.05, 3.63) is 12.3 Å². The number of likely N-dealkylation sites (tertiary alicyclic amines) is 1. The Morgan fingerprint density at radius 1 is 1.46 bits per heavy atom. The van der Waals surface area contributed by atoms with Crippen molar-refractivity contribution in [1.29, 1.82) is 0 Å². The lowest BCUT2D eigenvalue weighted by molar-refractivity contribution is -0.127. The zero-order valence-electron chi connectivity index (χ0n) is 15.2. The number of nitrogens with one attached hydrogen (secondary N) is 1. The fraction of sp³-hybridized carbons (Fsp3) is 0.706. The van der Waals surface area contributed by atoms with Gasteiger partial charge in [-0.15, -0.1) is 0 Å². The first kappa shape index (κ1) is 18.3. The molecule has 0 unspecified atom stereocenters. The third-order valence-electron chi connectivity index (χ3n) is 4.42.